The maximum absolute atomic E-state index is 13.0. The summed E-state index contributed by atoms with van der Waals surface area (Å²) in [6.45, 7) is -1.35. The molecule has 3 aliphatic rings. The fourth-order valence-electron chi connectivity index (χ4n) is 3.79. The van der Waals surface area contributed by atoms with Gasteiger partial charge < -0.3 is 40.1 Å². The third kappa shape index (κ3) is 3.46. The monoisotopic (exact) mass is 481 g/mol. The number of carbonyl (C=O) groups excluding carboxylic acids is 2. The van der Waals surface area contributed by atoms with Gasteiger partial charge in [0.15, 0.2) is 12.2 Å². The van der Waals surface area contributed by atoms with Crippen molar-refractivity contribution in [3.63, 3.8) is 0 Å². The highest BCUT2D eigenvalue weighted by Gasteiger charge is 2.67. The first-order valence-electron chi connectivity index (χ1n) is 8.71. The minimum atomic E-state index is -1.72. The Morgan fingerprint density at radius 2 is 1.45 bits per heavy atom. The van der Waals surface area contributed by atoms with Gasteiger partial charge in [0, 0.05) is 0 Å². The Morgan fingerprint density at radius 3 is 1.83 bits per heavy atom. The molecule has 29 heavy (non-hydrogen) atoms. The van der Waals surface area contributed by atoms with E-state index in [9.17, 15) is 40.2 Å². The number of quaternary nitrogens is 1. The highest BCUT2D eigenvalue weighted by atomic mass is 79.9. The van der Waals surface area contributed by atoms with E-state index in [0.29, 0.717) is 0 Å². The molecule has 2 saturated heterocycles. The van der Waals surface area contributed by atoms with E-state index in [0.717, 1.165) is 6.20 Å². The van der Waals surface area contributed by atoms with Crippen molar-refractivity contribution in [1.29, 1.82) is 0 Å². The van der Waals surface area contributed by atoms with Crippen molar-refractivity contribution in [2.75, 3.05) is 13.2 Å². The zero-order valence-corrected chi connectivity index (χ0v) is 16.5. The number of rotatable bonds is 5. The number of aliphatic hydroxyl groups excluding tert-OH is 6. The lowest BCUT2D eigenvalue weighted by Gasteiger charge is -2.43. The second-order valence-electron chi connectivity index (χ2n) is 6.93. The van der Waals surface area contributed by atoms with Gasteiger partial charge in [-0.1, -0.05) is 15.9 Å². The van der Waals surface area contributed by atoms with Gasteiger partial charge in [-0.15, -0.1) is 0 Å². The summed E-state index contributed by atoms with van der Waals surface area (Å²) in [4.78, 5) is 26.5. The van der Waals surface area contributed by atoms with Crippen LogP contribution in [0.15, 0.2) is 22.8 Å². The number of urea groups is 1. The van der Waals surface area contributed by atoms with Gasteiger partial charge in [0.2, 0.25) is 12.5 Å². The van der Waals surface area contributed by atoms with Crippen LogP contribution in [0.2, 0.25) is 0 Å². The van der Waals surface area contributed by atoms with Crippen LogP contribution in [0.3, 0.4) is 0 Å². The second-order valence-corrected chi connectivity index (χ2v) is 7.46. The molecule has 3 aliphatic heterocycles. The van der Waals surface area contributed by atoms with Crippen molar-refractivity contribution in [2.24, 2.45) is 0 Å². The molecule has 0 spiro atoms. The summed E-state index contributed by atoms with van der Waals surface area (Å²) in [6.07, 6.45) is -9.98. The SMILES string of the molecule is O=C1NC(=O)[N+]([C@@H]2O[C@H](CO)[C@@H](O)[C@H]2O)([C@@H]2O[C@H](CO)[C@@H](O)[C@@H]2O)C=C1C=CBr. The lowest BCUT2D eigenvalue weighted by Crippen LogP contribution is -2.72. The predicted molar refractivity (Wildman–Crippen MR) is 95.5 cm³/mol. The van der Waals surface area contributed by atoms with Gasteiger partial charge in [0.25, 0.3) is 5.91 Å². The second kappa shape index (κ2) is 8.47. The van der Waals surface area contributed by atoms with E-state index in [2.05, 4.69) is 21.2 Å². The van der Waals surface area contributed by atoms with Crippen molar-refractivity contribution in [3.05, 3.63) is 22.8 Å². The third-order valence-corrected chi connectivity index (χ3v) is 5.57. The highest BCUT2D eigenvalue weighted by molar-refractivity contribution is 9.11. The van der Waals surface area contributed by atoms with Gasteiger partial charge in [-0.25, -0.2) is 10.1 Å². The van der Waals surface area contributed by atoms with Crippen molar-refractivity contribution in [3.8, 4) is 0 Å². The summed E-state index contributed by atoms with van der Waals surface area (Å²) >= 11 is 3.02. The molecule has 0 radical (unpaired) electrons. The number of carbonyl (C=O) groups is 2. The number of hydrogen-bond donors (Lipinski definition) is 7. The number of halogens is 1. The van der Waals surface area contributed by atoms with E-state index < -0.39 is 78.7 Å². The fraction of sp³-hybridized carbons (Fsp3) is 0.625. The topological polar surface area (TPSA) is 186 Å². The molecule has 2 fully saturated rings. The van der Waals surface area contributed by atoms with E-state index in [1.54, 1.807) is 0 Å². The zero-order valence-electron chi connectivity index (χ0n) is 14.9. The Hall–Kier alpha value is -1.26. The van der Waals surface area contributed by atoms with Gasteiger partial charge in [-0.2, -0.15) is 4.48 Å². The Kier molecular flexibility index (Phi) is 6.55. The quantitative estimate of drug-likeness (QED) is 0.196. The molecule has 13 heteroatoms. The van der Waals surface area contributed by atoms with Crippen LogP contribution in [0, 0.1) is 0 Å². The van der Waals surface area contributed by atoms with Crippen LogP contribution in [0.4, 0.5) is 4.79 Å². The fourth-order valence-corrected chi connectivity index (χ4v) is 4.07. The molecule has 0 aromatic rings. The minimum Gasteiger partial charge on any atom is -0.394 e. The minimum absolute atomic E-state index is 0.0723. The van der Waals surface area contributed by atoms with Crippen molar-refractivity contribution >= 4 is 27.9 Å². The Bertz CT molecular complexity index is 700. The van der Waals surface area contributed by atoms with E-state index in [1.165, 1.54) is 11.1 Å². The van der Waals surface area contributed by atoms with Crippen molar-refractivity contribution < 1.29 is 54.2 Å². The molecule has 3 rings (SSSR count). The predicted octanol–water partition coefficient (Wildman–Crippen LogP) is -3.28. The molecule has 0 bridgehead atoms. The Labute approximate surface area is 173 Å². The number of ether oxygens (including phenoxy) is 2. The average molecular weight is 482 g/mol. The number of amides is 3. The number of aliphatic hydroxyl groups is 6. The highest BCUT2D eigenvalue weighted by Crippen LogP contribution is 2.40. The third-order valence-electron chi connectivity index (χ3n) is 5.31. The van der Waals surface area contributed by atoms with Crippen LogP contribution in [-0.4, -0.2) is 109 Å². The molecule has 162 valence electrons. The summed E-state index contributed by atoms with van der Waals surface area (Å²) in [5, 5.41) is 62.3. The lowest BCUT2D eigenvalue weighted by molar-refractivity contribution is -0.904. The summed E-state index contributed by atoms with van der Waals surface area (Å²) in [6, 6.07) is -1.06. The largest absolute Gasteiger partial charge is 0.432 e. The van der Waals surface area contributed by atoms with Crippen LogP contribution >= 0.6 is 15.9 Å². The standard InChI is InChI=1S/C16H21BrN2O10/c17-2-1-6-3-19(16(27)18-13(6)26,14-11(24)9(22)7(4-20)28-14)15-12(25)10(23)8(5-21)29-15/h1-3,7-12,14-15,20-25H,4-5H2/p+1/t7-,8-,9-,10-,11-,12+,14-,15-,19?/m1/s1. The molecule has 0 aromatic heterocycles. The molecule has 12 nitrogen and oxygen atoms in total. The zero-order chi connectivity index (χ0) is 21.5. The molecule has 9 atom stereocenters. The number of nitrogens with one attached hydrogen (secondary N) is 1. The van der Waals surface area contributed by atoms with Crippen LogP contribution in [-0.2, 0) is 14.3 Å². The van der Waals surface area contributed by atoms with Crippen LogP contribution in [0.5, 0.6) is 0 Å². The van der Waals surface area contributed by atoms with Gasteiger partial charge in [-0.3, -0.25) is 4.79 Å². The van der Waals surface area contributed by atoms with Gasteiger partial charge >= 0.3 is 6.03 Å². The molecule has 1 unspecified atom stereocenters. The first-order chi connectivity index (χ1) is 13.7. The molecule has 0 saturated carbocycles. The summed E-state index contributed by atoms with van der Waals surface area (Å²) in [7, 11) is 0. The van der Waals surface area contributed by atoms with Crippen molar-refractivity contribution in [2.45, 2.75) is 49.1 Å². The number of hydrogen-bond acceptors (Lipinski definition) is 10. The van der Waals surface area contributed by atoms with Crippen LogP contribution in [0.25, 0.3) is 0 Å². The number of imide groups is 1. The molecule has 0 aromatic carbocycles. The molecular weight excluding hydrogens is 460 g/mol. The number of nitrogens with zero attached hydrogens (tertiary/aromatic N) is 1. The summed E-state index contributed by atoms with van der Waals surface area (Å²) in [5.74, 6) is -0.780. The molecule has 0 aliphatic carbocycles. The van der Waals surface area contributed by atoms with Crippen LogP contribution in [0.1, 0.15) is 0 Å². The van der Waals surface area contributed by atoms with E-state index in [1.807, 2.05) is 0 Å². The first-order valence-corrected chi connectivity index (χ1v) is 9.63. The van der Waals surface area contributed by atoms with Gasteiger partial charge in [0.05, 0.1) is 18.8 Å². The van der Waals surface area contributed by atoms with E-state index >= 15 is 0 Å². The average Bonchev–Trinajstić information content (AvgIpc) is 3.15. The maximum atomic E-state index is 13.0. The summed E-state index contributed by atoms with van der Waals surface area (Å²) < 4.78 is 9.84. The lowest BCUT2D eigenvalue weighted by atomic mass is 10.0. The molecule has 3 amide bonds. The van der Waals surface area contributed by atoms with Gasteiger partial charge in [0.1, 0.15) is 30.6 Å². The Balaban J connectivity index is 2.17. The summed E-state index contributed by atoms with van der Waals surface area (Å²) in [5.41, 5.74) is -0.0723. The first kappa shape index (κ1) is 22.4. The van der Waals surface area contributed by atoms with Crippen molar-refractivity contribution in [1.82, 2.24) is 5.32 Å². The maximum Gasteiger partial charge on any atom is 0.432 e. The van der Waals surface area contributed by atoms with Crippen LogP contribution < -0.4 is 5.32 Å². The smallest absolute Gasteiger partial charge is 0.394 e. The Morgan fingerprint density at radius 1 is 0.966 bits per heavy atom. The van der Waals surface area contributed by atoms with Gasteiger partial charge in [-0.05, 0) is 11.1 Å². The normalized spacial score (nSPS) is 45.7. The van der Waals surface area contributed by atoms with E-state index in [4.69, 9.17) is 9.47 Å². The molecular formula is C16H22BrN2O10+. The molecule has 3 heterocycles. The molecule has 7 N–H and O–H groups in total. The van der Waals surface area contributed by atoms with E-state index in [-0.39, 0.29) is 5.57 Å².